The van der Waals surface area contributed by atoms with Crippen molar-refractivity contribution in [2.45, 2.75) is 4.90 Å². The molecule has 3 rings (SSSR count). The fourth-order valence-corrected chi connectivity index (χ4v) is 5.34. The smallest absolute Gasteiger partial charge is 0.295 e. The lowest BCUT2D eigenvalue weighted by atomic mass is 10.2. The van der Waals surface area contributed by atoms with Crippen LogP contribution < -0.4 is 5.43 Å². The highest BCUT2D eigenvalue weighted by Crippen LogP contribution is 2.33. The number of morpholine rings is 1. The van der Waals surface area contributed by atoms with Gasteiger partial charge in [-0.25, -0.2) is 8.42 Å². The zero-order valence-corrected chi connectivity index (χ0v) is 19.3. The number of benzene rings is 2. The summed E-state index contributed by atoms with van der Waals surface area (Å²) < 4.78 is 32.7. The van der Waals surface area contributed by atoms with Crippen molar-refractivity contribution in [2.24, 2.45) is 5.10 Å². The topological polar surface area (TPSA) is 134 Å². The Morgan fingerprint density at radius 3 is 2.43 bits per heavy atom. The number of sulfonamides is 1. The van der Waals surface area contributed by atoms with Gasteiger partial charge in [-0.3, -0.25) is 15.5 Å². The van der Waals surface area contributed by atoms with Crippen molar-refractivity contribution in [3.63, 3.8) is 0 Å². The van der Waals surface area contributed by atoms with Crippen LogP contribution in [-0.4, -0.2) is 55.3 Å². The van der Waals surface area contributed by atoms with Gasteiger partial charge in [0.15, 0.2) is 0 Å². The van der Waals surface area contributed by atoms with Gasteiger partial charge in [-0.15, -0.1) is 0 Å². The summed E-state index contributed by atoms with van der Waals surface area (Å²) >= 11 is 6.41. The summed E-state index contributed by atoms with van der Waals surface area (Å²) in [6, 6.07) is 6.82. The largest absolute Gasteiger partial charge is 0.506 e. The monoisotopic (exact) mass is 562 g/mol. The zero-order chi connectivity index (χ0) is 21.9. The minimum Gasteiger partial charge on any atom is -0.506 e. The summed E-state index contributed by atoms with van der Waals surface area (Å²) in [6.07, 6.45) is 1.40. The van der Waals surface area contributed by atoms with Crippen LogP contribution in [-0.2, 0) is 14.8 Å². The van der Waals surface area contributed by atoms with Crippen molar-refractivity contribution in [3.05, 3.63) is 55.0 Å². The van der Waals surface area contributed by atoms with Gasteiger partial charge in [0.25, 0.3) is 5.69 Å². The van der Waals surface area contributed by atoms with E-state index in [9.17, 15) is 23.6 Å². The van der Waals surface area contributed by atoms with Crippen LogP contribution in [0.25, 0.3) is 0 Å². The maximum absolute atomic E-state index is 12.7. The molecule has 1 heterocycles. The van der Waals surface area contributed by atoms with E-state index in [1.165, 1.54) is 22.7 Å². The number of nitro benzene ring substituents is 1. The minimum atomic E-state index is -3.86. The van der Waals surface area contributed by atoms with Gasteiger partial charge in [0.05, 0.1) is 38.2 Å². The van der Waals surface area contributed by atoms with E-state index in [1.54, 1.807) is 12.1 Å². The van der Waals surface area contributed by atoms with Crippen LogP contribution >= 0.6 is 31.9 Å². The number of aromatic hydroxyl groups is 1. The number of hydrazone groups is 1. The molecule has 13 heteroatoms. The van der Waals surface area contributed by atoms with Crippen molar-refractivity contribution in [1.29, 1.82) is 0 Å². The Bertz CT molecular complexity index is 1080. The zero-order valence-electron chi connectivity index (χ0n) is 15.3. The molecule has 1 fully saturated rings. The van der Waals surface area contributed by atoms with Crippen LogP contribution in [0.5, 0.6) is 5.75 Å². The number of anilines is 1. The van der Waals surface area contributed by atoms with Crippen molar-refractivity contribution in [3.8, 4) is 5.75 Å². The van der Waals surface area contributed by atoms with Crippen LogP contribution in [0, 0.1) is 10.1 Å². The van der Waals surface area contributed by atoms with Gasteiger partial charge < -0.3 is 9.84 Å². The number of nitro groups is 1. The van der Waals surface area contributed by atoms with E-state index in [4.69, 9.17) is 4.74 Å². The molecule has 0 amide bonds. The van der Waals surface area contributed by atoms with Crippen LogP contribution in [0.2, 0.25) is 0 Å². The lowest BCUT2D eigenvalue weighted by Gasteiger charge is -2.26. The molecule has 2 N–H and O–H groups in total. The highest BCUT2D eigenvalue weighted by molar-refractivity contribution is 9.11. The van der Waals surface area contributed by atoms with Gasteiger partial charge in [-0.1, -0.05) is 0 Å². The molecule has 160 valence electrons. The van der Waals surface area contributed by atoms with Crippen LogP contribution in [0.15, 0.2) is 49.3 Å². The molecular formula is C17H16Br2N4O6S. The Morgan fingerprint density at radius 1 is 1.20 bits per heavy atom. The number of phenols is 1. The molecule has 30 heavy (non-hydrogen) atoms. The molecule has 0 atom stereocenters. The second kappa shape index (κ2) is 9.39. The summed E-state index contributed by atoms with van der Waals surface area (Å²) in [4.78, 5) is 10.6. The molecule has 0 saturated carbocycles. The summed E-state index contributed by atoms with van der Waals surface area (Å²) in [6.45, 7) is 0.939. The summed E-state index contributed by atoms with van der Waals surface area (Å²) in [5, 5.41) is 25.2. The number of nitrogens with zero attached hydrogens (tertiary/aromatic N) is 3. The molecule has 10 nitrogen and oxygen atoms in total. The Hall–Kier alpha value is -2.06. The van der Waals surface area contributed by atoms with E-state index in [0.717, 1.165) is 6.07 Å². The number of rotatable bonds is 6. The van der Waals surface area contributed by atoms with E-state index in [1.807, 2.05) is 0 Å². The quantitative estimate of drug-likeness (QED) is 0.313. The third-order valence-corrected chi connectivity index (χ3v) is 7.32. The normalized spacial score (nSPS) is 15.4. The minimum absolute atomic E-state index is 0.0350. The van der Waals surface area contributed by atoms with Crippen molar-refractivity contribution >= 4 is 59.5 Å². The average Bonchev–Trinajstić information content (AvgIpc) is 2.72. The number of ether oxygens (including phenoxy) is 1. The van der Waals surface area contributed by atoms with Gasteiger partial charge in [-0.05, 0) is 61.7 Å². The Balaban J connectivity index is 1.84. The van der Waals surface area contributed by atoms with E-state index in [0.29, 0.717) is 14.5 Å². The SMILES string of the molecule is O=[N+]([O-])c1cc(S(=O)(=O)N2CCOCC2)ccc1N/N=C\c1cc(Br)c(O)c(Br)c1. The van der Waals surface area contributed by atoms with Crippen molar-refractivity contribution in [1.82, 2.24) is 4.31 Å². The second-order valence-corrected chi connectivity index (χ2v) is 9.80. The van der Waals surface area contributed by atoms with E-state index >= 15 is 0 Å². The van der Waals surface area contributed by atoms with Crippen molar-refractivity contribution in [2.75, 3.05) is 31.7 Å². The summed E-state index contributed by atoms with van der Waals surface area (Å²) in [7, 11) is -3.86. The average molecular weight is 564 g/mol. The predicted molar refractivity (Wildman–Crippen MR) is 117 cm³/mol. The first-order valence-electron chi connectivity index (χ1n) is 8.53. The van der Waals surface area contributed by atoms with Gasteiger partial charge in [0.1, 0.15) is 11.4 Å². The Kier molecular flexibility index (Phi) is 7.08. The van der Waals surface area contributed by atoms with Crippen LogP contribution in [0.1, 0.15) is 5.56 Å². The highest BCUT2D eigenvalue weighted by Gasteiger charge is 2.28. The standard InChI is InChI=1S/C17H16Br2N4O6S/c18-13-7-11(8-14(19)17(13)24)10-20-21-15-2-1-12(9-16(15)23(25)26)30(27,28)22-3-5-29-6-4-22/h1-2,7-10,21,24H,3-6H2/b20-10-. The maximum atomic E-state index is 12.7. The van der Waals surface area contributed by atoms with E-state index < -0.39 is 20.6 Å². The highest BCUT2D eigenvalue weighted by atomic mass is 79.9. The predicted octanol–water partition coefficient (Wildman–Crippen LogP) is 3.29. The number of hydrogen-bond donors (Lipinski definition) is 2. The Morgan fingerprint density at radius 2 is 1.83 bits per heavy atom. The molecule has 1 saturated heterocycles. The Labute approximate surface area is 189 Å². The third kappa shape index (κ3) is 4.98. The van der Waals surface area contributed by atoms with Gasteiger partial charge >= 0.3 is 0 Å². The number of phenolic OH excluding ortho intramolecular Hbond substituents is 1. The molecule has 0 spiro atoms. The molecule has 2 aromatic carbocycles. The third-order valence-electron chi connectivity index (χ3n) is 4.21. The molecule has 0 bridgehead atoms. The molecular weight excluding hydrogens is 548 g/mol. The number of halogens is 2. The maximum Gasteiger partial charge on any atom is 0.295 e. The first-order chi connectivity index (χ1) is 14.2. The first kappa shape index (κ1) is 22.6. The molecule has 2 aromatic rings. The molecule has 1 aliphatic heterocycles. The fourth-order valence-electron chi connectivity index (χ4n) is 2.69. The van der Waals surface area contributed by atoms with Crippen LogP contribution in [0.3, 0.4) is 0 Å². The fraction of sp³-hybridized carbons (Fsp3) is 0.235. The molecule has 0 aliphatic carbocycles. The molecule has 0 radical (unpaired) electrons. The van der Waals surface area contributed by atoms with Gasteiger partial charge in [0, 0.05) is 19.2 Å². The molecule has 0 aromatic heterocycles. The lowest BCUT2D eigenvalue weighted by molar-refractivity contribution is -0.384. The molecule has 1 aliphatic rings. The van der Waals surface area contributed by atoms with Crippen LogP contribution in [0.4, 0.5) is 11.4 Å². The van der Waals surface area contributed by atoms with Crippen molar-refractivity contribution < 1.29 is 23.2 Å². The summed E-state index contributed by atoms with van der Waals surface area (Å²) in [5.41, 5.74) is 2.78. The second-order valence-electron chi connectivity index (χ2n) is 6.16. The van der Waals surface area contributed by atoms with Gasteiger partial charge in [0.2, 0.25) is 10.0 Å². The lowest BCUT2D eigenvalue weighted by Crippen LogP contribution is -2.40. The summed E-state index contributed by atoms with van der Waals surface area (Å²) in [5.74, 6) is 0.0350. The number of nitrogens with one attached hydrogen (secondary N) is 1. The van der Waals surface area contributed by atoms with E-state index in [-0.39, 0.29) is 42.6 Å². The van der Waals surface area contributed by atoms with Gasteiger partial charge in [-0.2, -0.15) is 9.41 Å². The van der Waals surface area contributed by atoms with E-state index in [2.05, 4.69) is 42.4 Å². The molecule has 0 unspecified atom stereocenters. The number of hydrogen-bond acceptors (Lipinski definition) is 8. The first-order valence-corrected chi connectivity index (χ1v) is 11.6.